The van der Waals surface area contributed by atoms with Gasteiger partial charge in [0.25, 0.3) is 5.91 Å². The molecule has 0 bridgehead atoms. The first kappa shape index (κ1) is 21.2. The van der Waals surface area contributed by atoms with E-state index in [4.69, 9.17) is 4.84 Å². The smallest absolute Gasteiger partial charge is 0.266 e. The number of hydroxylamine groups is 1. The molecule has 2 aliphatic rings. The Morgan fingerprint density at radius 3 is 2.18 bits per heavy atom. The molecule has 2 saturated heterocycles. The van der Waals surface area contributed by atoms with Gasteiger partial charge in [-0.05, 0) is 55.3 Å². The summed E-state index contributed by atoms with van der Waals surface area (Å²) in [4.78, 5) is 36.8. The number of hydrogen-bond donors (Lipinski definition) is 0. The van der Waals surface area contributed by atoms with E-state index in [2.05, 4.69) is 0 Å². The molecule has 0 spiro atoms. The van der Waals surface area contributed by atoms with Crippen molar-refractivity contribution in [2.24, 2.45) is 5.92 Å². The van der Waals surface area contributed by atoms with Crippen LogP contribution in [-0.4, -0.2) is 32.0 Å². The first-order valence-corrected chi connectivity index (χ1v) is 11.1. The second-order valence-corrected chi connectivity index (χ2v) is 8.95. The van der Waals surface area contributed by atoms with Crippen molar-refractivity contribution in [2.45, 2.75) is 26.0 Å². The van der Waals surface area contributed by atoms with Crippen molar-refractivity contribution >= 4 is 28.9 Å². The maximum Gasteiger partial charge on any atom is 0.266 e. The Bertz CT molecular complexity index is 1210. The van der Waals surface area contributed by atoms with Gasteiger partial charge in [-0.1, -0.05) is 48.0 Å². The summed E-state index contributed by atoms with van der Waals surface area (Å²) < 4.78 is 0. The lowest BCUT2D eigenvalue weighted by Gasteiger charge is -2.29. The third kappa shape index (κ3) is 3.47. The van der Waals surface area contributed by atoms with Gasteiger partial charge in [0, 0.05) is 19.8 Å². The summed E-state index contributed by atoms with van der Waals surface area (Å²) in [5.74, 6) is -1.18. The Kier molecular flexibility index (Phi) is 5.17. The number of benzene rings is 3. The second kappa shape index (κ2) is 8.05. The number of fused-ring (bicyclic) bond motifs is 1. The van der Waals surface area contributed by atoms with Gasteiger partial charge in [0.05, 0.1) is 17.4 Å². The third-order valence-electron chi connectivity index (χ3n) is 6.47. The number of amides is 2. The van der Waals surface area contributed by atoms with Crippen molar-refractivity contribution < 1.29 is 14.4 Å². The number of aryl methyl sites for hydroxylation is 2. The first-order valence-electron chi connectivity index (χ1n) is 11.1. The molecular formula is C27H27N3O3. The molecule has 3 aromatic carbocycles. The van der Waals surface area contributed by atoms with Crippen LogP contribution in [0.3, 0.4) is 0 Å². The number of rotatable bonds is 4. The highest BCUT2D eigenvalue weighted by atomic mass is 16.7. The highest BCUT2D eigenvalue weighted by Crippen LogP contribution is 2.48. The molecule has 33 heavy (non-hydrogen) atoms. The average molecular weight is 442 g/mol. The Hall–Kier alpha value is -3.64. The summed E-state index contributed by atoms with van der Waals surface area (Å²) in [6.07, 6.45) is -0.864. The molecule has 5 rings (SSSR count). The highest BCUT2D eigenvalue weighted by Gasteiger charge is 2.60. The molecule has 2 aliphatic heterocycles. The van der Waals surface area contributed by atoms with Gasteiger partial charge < -0.3 is 4.90 Å². The van der Waals surface area contributed by atoms with Gasteiger partial charge in [0.15, 0.2) is 6.10 Å². The number of carbonyl (C=O) groups excluding carboxylic acids is 2. The minimum Gasteiger partial charge on any atom is -0.378 e. The van der Waals surface area contributed by atoms with Crippen LogP contribution >= 0.6 is 0 Å². The fraction of sp³-hybridized carbons (Fsp3) is 0.259. The summed E-state index contributed by atoms with van der Waals surface area (Å²) in [6, 6.07) is 23.0. The van der Waals surface area contributed by atoms with Crippen LogP contribution in [0.25, 0.3) is 0 Å². The Balaban J connectivity index is 1.58. The SMILES string of the molecule is Cc1ccc(N2C(=O)[C@@H]3[C@H](ON(c4ccccc4)[C@@H]3c3ccc(N(C)C)cc3)C2=O)c(C)c1. The molecule has 0 aliphatic carbocycles. The van der Waals surface area contributed by atoms with Crippen LogP contribution in [0, 0.1) is 19.8 Å². The largest absolute Gasteiger partial charge is 0.378 e. The molecule has 0 unspecified atom stereocenters. The number of anilines is 3. The maximum absolute atomic E-state index is 13.8. The van der Waals surface area contributed by atoms with Crippen LogP contribution in [-0.2, 0) is 14.4 Å². The van der Waals surface area contributed by atoms with Gasteiger partial charge in [0.2, 0.25) is 5.91 Å². The monoisotopic (exact) mass is 441 g/mol. The van der Waals surface area contributed by atoms with Crippen molar-refractivity contribution in [1.82, 2.24) is 0 Å². The Morgan fingerprint density at radius 2 is 1.55 bits per heavy atom. The van der Waals surface area contributed by atoms with Gasteiger partial charge in [0.1, 0.15) is 5.92 Å². The Labute approximate surface area is 193 Å². The zero-order valence-corrected chi connectivity index (χ0v) is 19.2. The molecule has 2 heterocycles. The van der Waals surface area contributed by atoms with E-state index in [0.29, 0.717) is 5.69 Å². The van der Waals surface area contributed by atoms with Crippen molar-refractivity contribution in [1.29, 1.82) is 0 Å². The molecule has 6 nitrogen and oxygen atoms in total. The van der Waals surface area contributed by atoms with Crippen molar-refractivity contribution in [3.8, 4) is 0 Å². The summed E-state index contributed by atoms with van der Waals surface area (Å²) in [7, 11) is 3.97. The van der Waals surface area contributed by atoms with Crippen molar-refractivity contribution in [3.05, 3.63) is 89.5 Å². The van der Waals surface area contributed by atoms with Crippen LogP contribution in [0.4, 0.5) is 17.1 Å². The summed E-state index contributed by atoms with van der Waals surface area (Å²) in [6.45, 7) is 3.92. The zero-order chi connectivity index (χ0) is 23.3. The fourth-order valence-electron chi connectivity index (χ4n) is 4.82. The molecule has 6 heteroatoms. The van der Waals surface area contributed by atoms with E-state index in [9.17, 15) is 9.59 Å². The number of carbonyl (C=O) groups is 2. The van der Waals surface area contributed by atoms with E-state index in [0.717, 1.165) is 28.1 Å². The molecule has 0 saturated carbocycles. The number of para-hydroxylation sites is 1. The summed E-state index contributed by atoms with van der Waals surface area (Å²) in [5.41, 5.74) is 5.41. The van der Waals surface area contributed by atoms with Gasteiger partial charge in [-0.2, -0.15) is 0 Å². The van der Waals surface area contributed by atoms with Crippen molar-refractivity contribution in [3.63, 3.8) is 0 Å². The standard InChI is InChI=1S/C27H27N3O3/c1-17-10-15-22(18(2)16-17)29-26(31)23-24(19-11-13-20(14-12-19)28(3)4)30(33-25(23)27(29)32)21-8-6-5-7-9-21/h5-16,23-25H,1-4H3/t23-,24+,25-/m0/s1. The molecule has 168 valence electrons. The predicted molar refractivity (Wildman–Crippen MR) is 129 cm³/mol. The minimum absolute atomic E-state index is 0.225. The van der Waals surface area contributed by atoms with E-state index in [1.165, 1.54) is 4.90 Å². The molecule has 3 atom stereocenters. The van der Waals surface area contributed by atoms with E-state index in [1.807, 2.05) is 106 Å². The van der Waals surface area contributed by atoms with Crippen LogP contribution in [0.5, 0.6) is 0 Å². The van der Waals surface area contributed by atoms with E-state index in [1.54, 1.807) is 5.06 Å². The van der Waals surface area contributed by atoms with Crippen LogP contribution in [0.15, 0.2) is 72.8 Å². The van der Waals surface area contributed by atoms with Crippen molar-refractivity contribution in [2.75, 3.05) is 29.0 Å². The molecule has 0 aromatic heterocycles. The molecule has 2 amide bonds. The van der Waals surface area contributed by atoms with Crippen LogP contribution < -0.4 is 14.9 Å². The van der Waals surface area contributed by atoms with Gasteiger partial charge in [-0.15, -0.1) is 0 Å². The lowest BCUT2D eigenvalue weighted by Crippen LogP contribution is -2.37. The second-order valence-electron chi connectivity index (χ2n) is 8.95. The maximum atomic E-state index is 13.8. The van der Waals surface area contributed by atoms with Gasteiger partial charge >= 0.3 is 0 Å². The minimum atomic E-state index is -0.864. The first-order chi connectivity index (χ1) is 15.9. The fourth-order valence-corrected chi connectivity index (χ4v) is 4.82. The quantitative estimate of drug-likeness (QED) is 0.561. The molecule has 0 radical (unpaired) electrons. The number of imide groups is 1. The van der Waals surface area contributed by atoms with Crippen LogP contribution in [0.1, 0.15) is 22.7 Å². The highest BCUT2D eigenvalue weighted by molar-refractivity contribution is 6.24. The molecule has 2 fully saturated rings. The van der Waals surface area contributed by atoms with E-state index >= 15 is 0 Å². The molecular weight excluding hydrogens is 414 g/mol. The predicted octanol–water partition coefficient (Wildman–Crippen LogP) is 4.42. The third-order valence-corrected chi connectivity index (χ3v) is 6.47. The number of nitrogens with zero attached hydrogens (tertiary/aromatic N) is 3. The normalized spacial score (nSPS) is 22.1. The summed E-state index contributed by atoms with van der Waals surface area (Å²) >= 11 is 0. The lowest BCUT2D eigenvalue weighted by molar-refractivity contribution is -0.126. The van der Waals surface area contributed by atoms with Gasteiger partial charge in [-0.25, -0.2) is 9.96 Å². The van der Waals surface area contributed by atoms with Gasteiger partial charge in [-0.3, -0.25) is 14.4 Å². The number of hydrogen-bond acceptors (Lipinski definition) is 5. The lowest BCUT2D eigenvalue weighted by atomic mass is 9.90. The topological polar surface area (TPSA) is 53.1 Å². The zero-order valence-electron chi connectivity index (χ0n) is 19.2. The van der Waals surface area contributed by atoms with E-state index in [-0.39, 0.29) is 11.8 Å². The molecule has 3 aromatic rings. The average Bonchev–Trinajstić information content (AvgIpc) is 3.31. The summed E-state index contributed by atoms with van der Waals surface area (Å²) in [5, 5.41) is 1.73. The van der Waals surface area contributed by atoms with E-state index < -0.39 is 18.1 Å². The Morgan fingerprint density at radius 1 is 0.848 bits per heavy atom. The molecule has 0 N–H and O–H groups in total. The van der Waals surface area contributed by atoms with Crippen LogP contribution in [0.2, 0.25) is 0 Å².